The number of allylic oxidation sites excluding steroid dienone is 8. The van der Waals surface area contributed by atoms with Crippen LogP contribution in [0.25, 0.3) is 0 Å². The van der Waals surface area contributed by atoms with Crippen LogP contribution in [-0.2, 0) is 14.3 Å². The molecule has 248 valence electrons. The molecule has 1 unspecified atom stereocenters. The third-order valence-corrected chi connectivity index (χ3v) is 7.82. The Hall–Kier alpha value is -2.10. The Balaban J connectivity index is 4.19. The summed E-state index contributed by atoms with van der Waals surface area (Å²) in [5.74, 6) is -0.732. The highest BCUT2D eigenvalue weighted by Gasteiger charge is 2.14. The van der Waals surface area contributed by atoms with Crippen molar-refractivity contribution in [1.82, 2.24) is 0 Å². The number of unbranched alkanes of at least 4 members (excludes halogenated alkanes) is 15. The van der Waals surface area contributed by atoms with Gasteiger partial charge in [-0.2, -0.15) is 0 Å². The quantitative estimate of drug-likeness (QED) is 0.0474. The number of hydrogen-bond donors (Lipinski definition) is 1. The second kappa shape index (κ2) is 34.4. The predicted octanol–water partition coefficient (Wildman–Crippen LogP) is 12.4. The third-order valence-electron chi connectivity index (χ3n) is 7.82. The number of carbonyl (C=O) groups is 2. The zero-order chi connectivity index (χ0) is 31.5. The third kappa shape index (κ3) is 34.3. The topological polar surface area (TPSA) is 63.6 Å². The smallest absolute Gasteiger partial charge is 0.306 e. The van der Waals surface area contributed by atoms with Crippen molar-refractivity contribution >= 4 is 11.9 Å². The average molecular weight is 601 g/mol. The van der Waals surface area contributed by atoms with E-state index in [1.54, 1.807) is 0 Å². The molecular weight excluding hydrogens is 532 g/mol. The molecule has 0 aromatic carbocycles. The minimum Gasteiger partial charge on any atom is -0.481 e. The highest BCUT2D eigenvalue weighted by atomic mass is 16.5. The first kappa shape index (κ1) is 40.9. The average Bonchev–Trinajstić information content (AvgIpc) is 2.99. The van der Waals surface area contributed by atoms with E-state index < -0.39 is 5.97 Å². The van der Waals surface area contributed by atoms with Crippen LogP contribution in [0.3, 0.4) is 0 Å². The first-order valence-electron chi connectivity index (χ1n) is 18.1. The van der Waals surface area contributed by atoms with Crippen molar-refractivity contribution in [1.29, 1.82) is 0 Å². The van der Waals surface area contributed by atoms with Gasteiger partial charge < -0.3 is 9.84 Å². The Morgan fingerprint density at radius 3 is 1.51 bits per heavy atom. The van der Waals surface area contributed by atoms with E-state index in [2.05, 4.69) is 62.5 Å². The fourth-order valence-electron chi connectivity index (χ4n) is 5.17. The van der Waals surface area contributed by atoms with Gasteiger partial charge in [-0.3, -0.25) is 9.59 Å². The molecular formula is C39H68O4. The SMILES string of the molecule is CC/C=C\C/C=C\C/C=C\C/C=C\CCCCC(CCCCCCCC(=O)O)OC(=O)CCCCCCCCCCCC. The zero-order valence-electron chi connectivity index (χ0n) is 28.3. The number of hydrogen-bond acceptors (Lipinski definition) is 3. The lowest BCUT2D eigenvalue weighted by atomic mass is 10.0. The summed E-state index contributed by atoms with van der Waals surface area (Å²) in [5, 5.41) is 8.80. The standard InChI is InChI=1S/C39H68O4/c1-3-5-7-9-11-13-15-16-17-18-19-20-22-25-29-33-37(34-30-26-24-27-31-35-38(40)41)43-39(42)36-32-28-23-21-14-12-10-8-6-4-2/h5,7,11,13,16-17,19-20,37H,3-4,6,8-10,12,14-15,18,21-36H2,1-2H3,(H,40,41)/b7-5-,13-11-,17-16-,20-19-. The van der Waals surface area contributed by atoms with Crippen LogP contribution in [0, 0.1) is 0 Å². The number of esters is 1. The largest absolute Gasteiger partial charge is 0.481 e. The van der Waals surface area contributed by atoms with Crippen molar-refractivity contribution in [3.8, 4) is 0 Å². The van der Waals surface area contributed by atoms with Crippen molar-refractivity contribution < 1.29 is 19.4 Å². The van der Waals surface area contributed by atoms with E-state index in [1.165, 1.54) is 51.4 Å². The van der Waals surface area contributed by atoms with Crippen molar-refractivity contribution in [2.45, 2.75) is 187 Å². The Morgan fingerprint density at radius 1 is 0.535 bits per heavy atom. The molecule has 0 aliphatic heterocycles. The summed E-state index contributed by atoms with van der Waals surface area (Å²) in [6.45, 7) is 4.42. The summed E-state index contributed by atoms with van der Waals surface area (Å²) in [5.41, 5.74) is 0. The predicted molar refractivity (Wildman–Crippen MR) is 185 cm³/mol. The molecule has 0 saturated carbocycles. The zero-order valence-corrected chi connectivity index (χ0v) is 28.3. The van der Waals surface area contributed by atoms with Gasteiger partial charge in [0, 0.05) is 12.8 Å². The van der Waals surface area contributed by atoms with E-state index in [0.29, 0.717) is 6.42 Å². The molecule has 0 aliphatic rings. The summed E-state index contributed by atoms with van der Waals surface area (Å²) in [6.07, 6.45) is 45.5. The molecule has 0 amide bonds. The Kier molecular flexibility index (Phi) is 32.7. The molecule has 0 rings (SSSR count). The normalized spacial score (nSPS) is 12.8. The maximum atomic E-state index is 12.6. The lowest BCUT2D eigenvalue weighted by molar-refractivity contribution is -0.150. The molecule has 0 aliphatic carbocycles. The van der Waals surface area contributed by atoms with Gasteiger partial charge in [-0.1, -0.05) is 140 Å². The molecule has 0 aromatic heterocycles. The molecule has 4 nitrogen and oxygen atoms in total. The number of carbonyl (C=O) groups excluding carboxylic acids is 1. The summed E-state index contributed by atoms with van der Waals surface area (Å²) in [6, 6.07) is 0. The van der Waals surface area contributed by atoms with E-state index >= 15 is 0 Å². The molecule has 1 N–H and O–H groups in total. The molecule has 1 atom stereocenters. The number of ether oxygens (including phenoxy) is 1. The Bertz CT molecular complexity index is 734. The maximum Gasteiger partial charge on any atom is 0.306 e. The highest BCUT2D eigenvalue weighted by Crippen LogP contribution is 2.18. The minimum atomic E-state index is -0.709. The lowest BCUT2D eigenvalue weighted by Gasteiger charge is -2.18. The molecule has 0 fully saturated rings. The Labute approximate surface area is 266 Å². The van der Waals surface area contributed by atoms with Crippen LogP contribution in [0.15, 0.2) is 48.6 Å². The van der Waals surface area contributed by atoms with Crippen molar-refractivity contribution in [2.75, 3.05) is 0 Å². The summed E-state index contributed by atoms with van der Waals surface area (Å²) < 4.78 is 5.96. The van der Waals surface area contributed by atoms with Crippen LogP contribution in [0.4, 0.5) is 0 Å². The highest BCUT2D eigenvalue weighted by molar-refractivity contribution is 5.69. The lowest BCUT2D eigenvalue weighted by Crippen LogP contribution is -2.18. The van der Waals surface area contributed by atoms with Gasteiger partial charge in [0.2, 0.25) is 0 Å². The Morgan fingerprint density at radius 2 is 0.977 bits per heavy atom. The molecule has 0 bridgehead atoms. The van der Waals surface area contributed by atoms with Gasteiger partial charge in [-0.05, 0) is 77.0 Å². The van der Waals surface area contributed by atoms with E-state index in [-0.39, 0.29) is 18.5 Å². The summed E-state index contributed by atoms with van der Waals surface area (Å²) in [7, 11) is 0. The van der Waals surface area contributed by atoms with Crippen molar-refractivity contribution in [3.63, 3.8) is 0 Å². The van der Waals surface area contributed by atoms with Crippen LogP contribution >= 0.6 is 0 Å². The molecule has 0 spiro atoms. The summed E-state index contributed by atoms with van der Waals surface area (Å²) >= 11 is 0. The van der Waals surface area contributed by atoms with Crippen LogP contribution in [0.1, 0.15) is 181 Å². The maximum absolute atomic E-state index is 12.6. The van der Waals surface area contributed by atoms with Gasteiger partial charge in [0.1, 0.15) is 6.10 Å². The molecule has 0 heterocycles. The van der Waals surface area contributed by atoms with Gasteiger partial charge in [-0.15, -0.1) is 0 Å². The minimum absolute atomic E-state index is 0.0204. The van der Waals surface area contributed by atoms with Crippen molar-refractivity contribution in [3.05, 3.63) is 48.6 Å². The molecule has 0 aromatic rings. The number of aliphatic carboxylic acids is 1. The van der Waals surface area contributed by atoms with Crippen LogP contribution in [0.5, 0.6) is 0 Å². The fraction of sp³-hybridized carbons (Fsp3) is 0.744. The van der Waals surface area contributed by atoms with Crippen LogP contribution < -0.4 is 0 Å². The fourth-order valence-corrected chi connectivity index (χ4v) is 5.17. The molecule has 0 radical (unpaired) electrons. The van der Waals surface area contributed by atoms with E-state index in [9.17, 15) is 9.59 Å². The second-order valence-electron chi connectivity index (χ2n) is 12.0. The van der Waals surface area contributed by atoms with Gasteiger partial charge in [0.15, 0.2) is 0 Å². The summed E-state index contributed by atoms with van der Waals surface area (Å²) in [4.78, 5) is 23.3. The van der Waals surface area contributed by atoms with E-state index in [4.69, 9.17) is 9.84 Å². The van der Waals surface area contributed by atoms with Gasteiger partial charge in [0.25, 0.3) is 0 Å². The molecule has 4 heteroatoms. The van der Waals surface area contributed by atoms with Crippen molar-refractivity contribution in [2.24, 2.45) is 0 Å². The van der Waals surface area contributed by atoms with Gasteiger partial charge >= 0.3 is 11.9 Å². The van der Waals surface area contributed by atoms with Crippen LogP contribution in [-0.4, -0.2) is 23.1 Å². The second-order valence-corrected chi connectivity index (χ2v) is 12.0. The van der Waals surface area contributed by atoms with E-state index in [0.717, 1.165) is 103 Å². The van der Waals surface area contributed by atoms with Gasteiger partial charge in [-0.25, -0.2) is 0 Å². The van der Waals surface area contributed by atoms with Crippen LogP contribution in [0.2, 0.25) is 0 Å². The van der Waals surface area contributed by atoms with E-state index in [1.807, 2.05) is 0 Å². The monoisotopic (exact) mass is 601 g/mol. The molecule has 43 heavy (non-hydrogen) atoms. The molecule has 0 saturated heterocycles. The number of carboxylic acids is 1. The number of carboxylic acid groups (broad SMARTS) is 1. The first-order valence-corrected chi connectivity index (χ1v) is 18.1. The first-order chi connectivity index (χ1) is 21.1. The number of rotatable bonds is 32. The van der Waals surface area contributed by atoms with Gasteiger partial charge in [0.05, 0.1) is 0 Å².